The first-order chi connectivity index (χ1) is 10.6. The molecule has 0 saturated heterocycles. The van der Waals surface area contributed by atoms with Crippen molar-refractivity contribution in [2.45, 2.75) is 13.3 Å². The Hall–Kier alpha value is -2.35. The summed E-state index contributed by atoms with van der Waals surface area (Å²) in [6.07, 6.45) is 2.33. The van der Waals surface area contributed by atoms with Gasteiger partial charge in [-0.3, -0.25) is 15.6 Å². The van der Waals surface area contributed by atoms with Crippen molar-refractivity contribution in [2.24, 2.45) is 0 Å². The highest BCUT2D eigenvalue weighted by Gasteiger charge is 2.09. The molecule has 1 aromatic heterocycles. The van der Waals surface area contributed by atoms with Crippen molar-refractivity contribution in [1.29, 1.82) is 0 Å². The first kappa shape index (κ1) is 16.0. The van der Waals surface area contributed by atoms with Gasteiger partial charge in [-0.2, -0.15) is 0 Å². The van der Waals surface area contributed by atoms with E-state index in [4.69, 9.17) is 5.73 Å². The predicted octanol–water partition coefficient (Wildman–Crippen LogP) is 2.40. The Morgan fingerprint density at radius 2 is 1.91 bits per heavy atom. The highest BCUT2D eigenvalue weighted by Crippen LogP contribution is 2.21. The van der Waals surface area contributed by atoms with Crippen molar-refractivity contribution in [3.63, 3.8) is 0 Å². The second-order valence-electron chi connectivity index (χ2n) is 4.50. The van der Waals surface area contributed by atoms with Crippen molar-refractivity contribution in [1.82, 2.24) is 15.4 Å². The first-order valence-corrected chi connectivity index (χ1v) is 7.57. The number of carbonyl (C=O) groups excluding carboxylic acids is 1. The molecule has 1 amide bonds. The van der Waals surface area contributed by atoms with E-state index in [-0.39, 0.29) is 5.91 Å². The van der Waals surface area contributed by atoms with Gasteiger partial charge in [0.05, 0.1) is 0 Å². The maximum absolute atomic E-state index is 12.0. The summed E-state index contributed by atoms with van der Waals surface area (Å²) in [5, 5.41) is 3.09. The van der Waals surface area contributed by atoms with Crippen LogP contribution in [0.1, 0.15) is 23.7 Å². The lowest BCUT2D eigenvalue weighted by atomic mass is 10.2. The van der Waals surface area contributed by atoms with E-state index in [0.717, 1.165) is 17.4 Å². The Labute approximate surface area is 136 Å². The largest absolute Gasteiger partial charge is 0.393 e. The van der Waals surface area contributed by atoms with Gasteiger partial charge in [-0.15, -0.1) is 0 Å². The number of nitrogen functional groups attached to an aromatic ring is 1. The summed E-state index contributed by atoms with van der Waals surface area (Å²) in [7, 11) is 0. The van der Waals surface area contributed by atoms with Crippen LogP contribution in [0.5, 0.6) is 0 Å². The maximum Gasteiger partial charge on any atom is 0.269 e. The van der Waals surface area contributed by atoms with Gasteiger partial charge in [-0.25, -0.2) is 9.97 Å². The molecule has 0 unspecified atom stereocenters. The van der Waals surface area contributed by atoms with Crippen LogP contribution in [0.15, 0.2) is 35.1 Å². The molecule has 5 N–H and O–H groups in total. The van der Waals surface area contributed by atoms with Crippen LogP contribution in [0, 0.1) is 0 Å². The normalized spacial score (nSPS) is 10.1. The molecule has 0 atom stereocenters. The van der Waals surface area contributed by atoms with Gasteiger partial charge < -0.3 is 11.1 Å². The average molecular weight is 365 g/mol. The Kier molecular flexibility index (Phi) is 5.54. The number of nitrogens with two attached hydrogens (primary N) is 1. The van der Waals surface area contributed by atoms with Gasteiger partial charge in [0.2, 0.25) is 0 Å². The van der Waals surface area contributed by atoms with E-state index in [1.54, 1.807) is 24.3 Å². The minimum Gasteiger partial charge on any atom is -0.393 e. The third kappa shape index (κ3) is 4.08. The van der Waals surface area contributed by atoms with Gasteiger partial charge in [-0.05, 0) is 30.7 Å². The summed E-state index contributed by atoms with van der Waals surface area (Å²) in [6.45, 7) is 2.80. The number of rotatable bonds is 6. The molecule has 2 rings (SSSR count). The predicted molar refractivity (Wildman–Crippen MR) is 90.5 cm³/mol. The lowest BCUT2D eigenvalue weighted by Crippen LogP contribution is -2.30. The highest BCUT2D eigenvalue weighted by atomic mass is 79.9. The molecule has 7 nitrogen and oxygen atoms in total. The van der Waals surface area contributed by atoms with Crippen LogP contribution in [0.3, 0.4) is 0 Å². The molecule has 116 valence electrons. The minimum absolute atomic E-state index is 0.284. The fourth-order valence-corrected chi connectivity index (χ4v) is 1.93. The maximum atomic E-state index is 12.0. The zero-order chi connectivity index (χ0) is 15.9. The van der Waals surface area contributed by atoms with Gasteiger partial charge in [0.1, 0.15) is 12.0 Å². The third-order valence-electron chi connectivity index (χ3n) is 2.83. The molecular formula is C14H17BrN6O. The number of halogens is 1. The number of hydrogen-bond acceptors (Lipinski definition) is 6. The molecule has 0 aliphatic rings. The zero-order valence-corrected chi connectivity index (χ0v) is 13.6. The molecule has 22 heavy (non-hydrogen) atoms. The van der Waals surface area contributed by atoms with Crippen LogP contribution in [-0.4, -0.2) is 22.4 Å². The number of nitrogens with one attached hydrogen (secondary N) is 3. The Bertz CT molecular complexity index is 646. The molecule has 0 radical (unpaired) electrons. The van der Waals surface area contributed by atoms with Crippen LogP contribution in [0.4, 0.5) is 17.3 Å². The lowest BCUT2D eigenvalue weighted by Gasteiger charge is -2.12. The molecule has 0 fully saturated rings. The molecule has 0 aliphatic carbocycles. The van der Waals surface area contributed by atoms with Crippen molar-refractivity contribution >= 4 is 39.2 Å². The number of hydrogen-bond donors (Lipinski definition) is 4. The summed E-state index contributed by atoms with van der Waals surface area (Å²) < 4.78 is 0.906. The smallest absolute Gasteiger partial charge is 0.269 e. The second kappa shape index (κ2) is 7.60. The molecule has 0 aliphatic heterocycles. The fraction of sp³-hybridized carbons (Fsp3) is 0.214. The summed E-state index contributed by atoms with van der Waals surface area (Å²) in [5.74, 6) is 0.602. The van der Waals surface area contributed by atoms with Crippen LogP contribution in [-0.2, 0) is 0 Å². The summed E-state index contributed by atoms with van der Waals surface area (Å²) in [6, 6.07) is 7.00. The van der Waals surface area contributed by atoms with Crippen molar-refractivity contribution in [2.75, 3.05) is 23.0 Å². The van der Waals surface area contributed by atoms with E-state index in [1.807, 2.05) is 6.92 Å². The van der Waals surface area contributed by atoms with Crippen molar-refractivity contribution < 1.29 is 4.79 Å². The fourth-order valence-electron chi connectivity index (χ4n) is 1.67. The van der Waals surface area contributed by atoms with Crippen molar-refractivity contribution in [3.05, 3.63) is 40.6 Å². The minimum atomic E-state index is -0.284. The number of benzene rings is 1. The third-order valence-corrected chi connectivity index (χ3v) is 3.36. The van der Waals surface area contributed by atoms with Gasteiger partial charge in [0.15, 0.2) is 11.6 Å². The van der Waals surface area contributed by atoms with Gasteiger partial charge in [-0.1, -0.05) is 22.9 Å². The standard InChI is InChI=1S/C14H17BrN6O/c1-2-7-17-12-11(16)13(19-8-18-12)20-21-14(22)9-3-5-10(15)6-4-9/h3-6,8H,2,7,16H2,1H3,(H,21,22)(H2,17,18,19,20). The molecule has 8 heteroatoms. The molecule has 1 heterocycles. The van der Waals surface area contributed by atoms with Crippen LogP contribution in [0.25, 0.3) is 0 Å². The van der Waals surface area contributed by atoms with E-state index >= 15 is 0 Å². The number of carbonyl (C=O) groups is 1. The average Bonchev–Trinajstić information content (AvgIpc) is 2.53. The molecule has 2 aromatic rings. The SMILES string of the molecule is CCCNc1ncnc(NNC(=O)c2ccc(Br)cc2)c1N. The van der Waals surface area contributed by atoms with E-state index in [9.17, 15) is 4.79 Å². The first-order valence-electron chi connectivity index (χ1n) is 6.78. The Balaban J connectivity index is 2.02. The second-order valence-corrected chi connectivity index (χ2v) is 5.41. The van der Waals surface area contributed by atoms with E-state index in [1.165, 1.54) is 6.33 Å². The van der Waals surface area contributed by atoms with E-state index in [2.05, 4.69) is 42.1 Å². The Morgan fingerprint density at radius 3 is 2.59 bits per heavy atom. The number of nitrogens with zero attached hydrogens (tertiary/aromatic N) is 2. The number of amides is 1. The van der Waals surface area contributed by atoms with E-state index in [0.29, 0.717) is 22.9 Å². The summed E-state index contributed by atoms with van der Waals surface area (Å²) in [4.78, 5) is 20.1. The van der Waals surface area contributed by atoms with Gasteiger partial charge in [0.25, 0.3) is 5.91 Å². The molecular weight excluding hydrogens is 348 g/mol. The van der Waals surface area contributed by atoms with Crippen LogP contribution >= 0.6 is 15.9 Å². The number of aromatic nitrogens is 2. The summed E-state index contributed by atoms with van der Waals surface area (Å²) in [5.41, 5.74) is 12.1. The topological polar surface area (TPSA) is 105 Å². The molecule has 1 aromatic carbocycles. The van der Waals surface area contributed by atoms with Crippen LogP contribution in [0.2, 0.25) is 0 Å². The monoisotopic (exact) mass is 364 g/mol. The van der Waals surface area contributed by atoms with Gasteiger partial charge in [0, 0.05) is 16.6 Å². The number of anilines is 3. The molecule has 0 saturated carbocycles. The zero-order valence-electron chi connectivity index (χ0n) is 12.1. The quantitative estimate of drug-likeness (QED) is 0.586. The molecule has 0 bridgehead atoms. The van der Waals surface area contributed by atoms with Crippen LogP contribution < -0.4 is 21.9 Å². The summed E-state index contributed by atoms with van der Waals surface area (Å²) >= 11 is 3.32. The van der Waals surface area contributed by atoms with E-state index < -0.39 is 0 Å². The highest BCUT2D eigenvalue weighted by molar-refractivity contribution is 9.10. The number of hydrazine groups is 1. The lowest BCUT2D eigenvalue weighted by molar-refractivity contribution is 0.0962. The van der Waals surface area contributed by atoms with Gasteiger partial charge >= 0.3 is 0 Å². The van der Waals surface area contributed by atoms with Crippen molar-refractivity contribution in [3.8, 4) is 0 Å². The molecule has 0 spiro atoms. The Morgan fingerprint density at radius 1 is 1.23 bits per heavy atom.